The molecule has 0 aliphatic carbocycles. The number of rotatable bonds is 2. The molecule has 1 saturated heterocycles. The Morgan fingerprint density at radius 2 is 1.73 bits per heavy atom. The van der Waals surface area contributed by atoms with Crippen molar-refractivity contribution in [1.29, 1.82) is 0 Å². The van der Waals surface area contributed by atoms with Gasteiger partial charge in [0.25, 0.3) is 0 Å². The lowest BCUT2D eigenvalue weighted by Crippen LogP contribution is -2.37. The maximum atomic E-state index is 13.4. The average molecular weight is 338 g/mol. The third kappa shape index (κ3) is 3.11. The largest absolute Gasteiger partial charge is 0.349 e. The van der Waals surface area contributed by atoms with Gasteiger partial charge in [0, 0.05) is 17.4 Å². The highest BCUT2D eigenvalue weighted by molar-refractivity contribution is 6.31. The second-order valence-electron chi connectivity index (χ2n) is 5.42. The van der Waals surface area contributed by atoms with E-state index in [1.54, 1.807) is 24.3 Å². The first kappa shape index (κ1) is 15.3. The van der Waals surface area contributed by atoms with Gasteiger partial charge in [0.05, 0.1) is 11.1 Å². The Labute approximate surface area is 138 Å². The number of benzene rings is 2. The predicted octanol–water partition coefficient (Wildman–Crippen LogP) is 4.87. The average Bonchev–Trinajstić information content (AvgIpc) is 2.51. The van der Waals surface area contributed by atoms with Crippen molar-refractivity contribution in [2.75, 3.05) is 0 Å². The van der Waals surface area contributed by atoms with Crippen LogP contribution < -0.4 is 5.32 Å². The first-order valence-corrected chi connectivity index (χ1v) is 7.80. The zero-order valence-corrected chi connectivity index (χ0v) is 13.2. The van der Waals surface area contributed by atoms with Gasteiger partial charge >= 0.3 is 0 Å². The monoisotopic (exact) mass is 337 g/mol. The number of amides is 1. The number of halogens is 3. The van der Waals surface area contributed by atoms with Crippen LogP contribution in [-0.2, 0) is 4.79 Å². The molecule has 1 fully saturated rings. The Kier molecular flexibility index (Phi) is 4.37. The molecule has 0 radical (unpaired) electrons. The molecule has 0 saturated carbocycles. The third-order valence-corrected chi connectivity index (χ3v) is 4.54. The summed E-state index contributed by atoms with van der Waals surface area (Å²) in [5, 5.41) is 3.76. The third-order valence-electron chi connectivity index (χ3n) is 4.00. The molecule has 1 aliphatic rings. The van der Waals surface area contributed by atoms with E-state index < -0.39 is 5.82 Å². The Bertz CT molecular complexity index is 702. The maximum Gasteiger partial charge on any atom is 0.220 e. The molecule has 1 N–H and O–H groups in total. The second-order valence-corrected chi connectivity index (χ2v) is 6.26. The van der Waals surface area contributed by atoms with Crippen molar-refractivity contribution >= 4 is 29.1 Å². The van der Waals surface area contributed by atoms with Crippen molar-refractivity contribution in [3.63, 3.8) is 0 Å². The highest BCUT2D eigenvalue weighted by Crippen LogP contribution is 2.39. The van der Waals surface area contributed by atoms with E-state index in [0.29, 0.717) is 17.9 Å². The number of piperidine rings is 1. The van der Waals surface area contributed by atoms with Crippen LogP contribution in [0.25, 0.3) is 0 Å². The summed E-state index contributed by atoms with van der Waals surface area (Å²) in [6.07, 6.45) is 1.14. The molecule has 0 bridgehead atoms. The van der Waals surface area contributed by atoms with Crippen molar-refractivity contribution in [1.82, 2.24) is 5.32 Å². The minimum absolute atomic E-state index is 0.0180. The summed E-state index contributed by atoms with van der Waals surface area (Å²) in [6, 6.07) is 12.0. The number of nitrogens with one attached hydrogen (secondary N) is 1. The summed E-state index contributed by atoms with van der Waals surface area (Å²) in [6.45, 7) is 0. The fourth-order valence-electron chi connectivity index (χ4n) is 2.89. The SMILES string of the molecule is O=C1CC[C@H](c2ccc(F)c(Cl)c2)[C@@H](c2ccc(Cl)cc2)N1. The molecule has 22 heavy (non-hydrogen) atoms. The van der Waals surface area contributed by atoms with E-state index in [1.165, 1.54) is 6.07 Å². The normalized spacial score (nSPS) is 21.5. The van der Waals surface area contributed by atoms with E-state index in [9.17, 15) is 9.18 Å². The van der Waals surface area contributed by atoms with Crippen molar-refractivity contribution in [2.24, 2.45) is 0 Å². The molecular formula is C17H14Cl2FNO. The number of hydrogen-bond acceptors (Lipinski definition) is 1. The minimum atomic E-state index is -0.437. The van der Waals surface area contributed by atoms with Gasteiger partial charge in [-0.15, -0.1) is 0 Å². The quantitative estimate of drug-likeness (QED) is 0.832. The molecular weight excluding hydrogens is 324 g/mol. The molecule has 0 aromatic heterocycles. The van der Waals surface area contributed by atoms with Crippen molar-refractivity contribution in [3.8, 4) is 0 Å². The molecule has 0 spiro atoms. The minimum Gasteiger partial charge on any atom is -0.349 e. The standard InChI is InChI=1S/C17H14Cl2FNO/c18-12-4-1-10(2-5-12)17-13(6-8-16(22)21-17)11-3-7-15(20)14(19)9-11/h1-5,7,9,13,17H,6,8H2,(H,21,22)/t13-,17-/m1/s1. The summed E-state index contributed by atoms with van der Waals surface area (Å²) in [4.78, 5) is 11.8. The van der Waals surface area contributed by atoms with Crippen molar-refractivity contribution < 1.29 is 9.18 Å². The maximum absolute atomic E-state index is 13.4. The lowest BCUT2D eigenvalue weighted by atomic mass is 9.81. The molecule has 1 amide bonds. The van der Waals surface area contributed by atoms with Crippen molar-refractivity contribution in [2.45, 2.75) is 24.8 Å². The summed E-state index contributed by atoms with van der Waals surface area (Å²) in [7, 11) is 0. The zero-order chi connectivity index (χ0) is 15.7. The Morgan fingerprint density at radius 1 is 1.05 bits per heavy atom. The van der Waals surface area contributed by atoms with Crippen LogP contribution in [-0.4, -0.2) is 5.91 Å². The second kappa shape index (κ2) is 6.27. The van der Waals surface area contributed by atoms with E-state index in [0.717, 1.165) is 11.1 Å². The molecule has 2 atom stereocenters. The van der Waals surface area contributed by atoms with Crippen LogP contribution in [0.1, 0.15) is 35.9 Å². The van der Waals surface area contributed by atoms with Crippen LogP contribution in [0.2, 0.25) is 10.0 Å². The van der Waals surface area contributed by atoms with Gasteiger partial charge in [0.15, 0.2) is 0 Å². The first-order chi connectivity index (χ1) is 10.5. The zero-order valence-electron chi connectivity index (χ0n) is 11.7. The van der Waals surface area contributed by atoms with Gasteiger partial charge in [-0.05, 0) is 41.8 Å². The molecule has 114 valence electrons. The smallest absolute Gasteiger partial charge is 0.220 e. The summed E-state index contributed by atoms with van der Waals surface area (Å²) in [5.41, 5.74) is 1.90. The summed E-state index contributed by atoms with van der Waals surface area (Å²) in [5.74, 6) is -0.366. The number of carbonyl (C=O) groups excluding carboxylic acids is 1. The van der Waals surface area contributed by atoms with Gasteiger partial charge in [0.2, 0.25) is 5.91 Å². The van der Waals surface area contributed by atoms with Gasteiger partial charge in [-0.25, -0.2) is 4.39 Å². The highest BCUT2D eigenvalue weighted by Gasteiger charge is 2.31. The summed E-state index contributed by atoms with van der Waals surface area (Å²) < 4.78 is 13.4. The molecule has 2 aromatic carbocycles. The topological polar surface area (TPSA) is 29.1 Å². The first-order valence-electron chi connectivity index (χ1n) is 7.04. The molecule has 3 rings (SSSR count). The fourth-order valence-corrected chi connectivity index (χ4v) is 3.20. The van der Waals surface area contributed by atoms with Crippen LogP contribution in [0.3, 0.4) is 0 Å². The van der Waals surface area contributed by atoms with Gasteiger partial charge < -0.3 is 5.32 Å². The van der Waals surface area contributed by atoms with Gasteiger partial charge in [-0.2, -0.15) is 0 Å². The van der Waals surface area contributed by atoms with Crippen molar-refractivity contribution in [3.05, 3.63) is 69.5 Å². The van der Waals surface area contributed by atoms with E-state index in [4.69, 9.17) is 23.2 Å². The van der Waals surface area contributed by atoms with Gasteiger partial charge in [0.1, 0.15) is 5.82 Å². The molecule has 2 nitrogen and oxygen atoms in total. The molecule has 1 aliphatic heterocycles. The molecule has 2 aromatic rings. The van der Waals surface area contributed by atoms with Gasteiger partial charge in [-0.3, -0.25) is 4.79 Å². The van der Waals surface area contributed by atoms with Crippen LogP contribution in [0.5, 0.6) is 0 Å². The number of hydrogen-bond donors (Lipinski definition) is 1. The van der Waals surface area contributed by atoms with Crippen LogP contribution in [0, 0.1) is 5.82 Å². The highest BCUT2D eigenvalue weighted by atomic mass is 35.5. The van der Waals surface area contributed by atoms with E-state index in [2.05, 4.69) is 5.32 Å². The lowest BCUT2D eigenvalue weighted by Gasteiger charge is -2.33. The van der Waals surface area contributed by atoms with E-state index in [1.807, 2.05) is 12.1 Å². The van der Waals surface area contributed by atoms with Crippen LogP contribution in [0.4, 0.5) is 4.39 Å². The lowest BCUT2D eigenvalue weighted by molar-refractivity contribution is -0.123. The predicted molar refractivity (Wildman–Crippen MR) is 85.7 cm³/mol. The number of carbonyl (C=O) groups is 1. The Morgan fingerprint density at radius 3 is 2.41 bits per heavy atom. The van der Waals surface area contributed by atoms with Crippen LogP contribution >= 0.6 is 23.2 Å². The molecule has 0 unspecified atom stereocenters. The Hall–Kier alpha value is -1.58. The summed E-state index contributed by atoms with van der Waals surface area (Å²) >= 11 is 11.8. The van der Waals surface area contributed by atoms with Crippen LogP contribution in [0.15, 0.2) is 42.5 Å². The van der Waals surface area contributed by atoms with Gasteiger partial charge in [-0.1, -0.05) is 41.4 Å². The van der Waals surface area contributed by atoms with E-state index >= 15 is 0 Å². The molecule has 5 heteroatoms. The van der Waals surface area contributed by atoms with E-state index in [-0.39, 0.29) is 22.9 Å². The molecule has 1 heterocycles. The Balaban J connectivity index is 1.97. The fraction of sp³-hybridized carbons (Fsp3) is 0.235.